The summed E-state index contributed by atoms with van der Waals surface area (Å²) in [5.41, 5.74) is 6.27. The van der Waals surface area contributed by atoms with Crippen molar-refractivity contribution in [2.24, 2.45) is 5.73 Å². The summed E-state index contributed by atoms with van der Waals surface area (Å²) < 4.78 is 0. The first-order valence-corrected chi connectivity index (χ1v) is 2.17. The van der Waals surface area contributed by atoms with Gasteiger partial charge < -0.3 is 10.7 Å². The molecule has 0 aliphatic rings. The maximum Gasteiger partial charge on any atom is 0.0668 e. The predicted molar refractivity (Wildman–Crippen MR) is 27.5 cm³/mol. The van der Waals surface area contributed by atoms with E-state index < -0.39 is 0 Å². The Morgan fingerprint density at radius 2 is 2.71 bits per heavy atom. The van der Waals surface area contributed by atoms with Crippen molar-refractivity contribution >= 4 is 0 Å². The van der Waals surface area contributed by atoms with E-state index in [1.165, 1.54) is 0 Å². The fourth-order valence-corrected chi connectivity index (χ4v) is 0.437. The summed E-state index contributed by atoms with van der Waals surface area (Å²) in [6.07, 6.45) is 4.64. The van der Waals surface area contributed by atoms with Crippen molar-refractivity contribution < 1.29 is 0 Å². The minimum absolute atomic E-state index is 0.573. The Balaban J connectivity index is 2.76. The van der Waals surface area contributed by atoms with E-state index in [2.05, 4.69) is 11.2 Å². The third-order valence-electron chi connectivity index (χ3n) is 0.820. The Morgan fingerprint density at radius 3 is 3.00 bits per heavy atom. The molecule has 2 nitrogen and oxygen atoms in total. The van der Waals surface area contributed by atoms with Crippen molar-refractivity contribution in [3.63, 3.8) is 0 Å². The SMILES string of the molecule is NCc1[c][nH]cc1. The molecule has 0 bridgehead atoms. The van der Waals surface area contributed by atoms with Crippen LogP contribution in [-0.2, 0) is 6.54 Å². The van der Waals surface area contributed by atoms with E-state index in [1.807, 2.05) is 12.3 Å². The highest BCUT2D eigenvalue weighted by molar-refractivity contribution is 5.05. The highest BCUT2D eigenvalue weighted by Crippen LogP contribution is 1.89. The number of hydrogen-bond acceptors (Lipinski definition) is 1. The smallest absolute Gasteiger partial charge is 0.0668 e. The first kappa shape index (κ1) is 4.40. The molecule has 3 N–H and O–H groups in total. The lowest BCUT2D eigenvalue weighted by molar-refractivity contribution is 1.07. The molecule has 0 amide bonds. The van der Waals surface area contributed by atoms with E-state index in [1.54, 1.807) is 0 Å². The average Bonchev–Trinajstić information content (AvgIpc) is 2.14. The van der Waals surface area contributed by atoms with Crippen LogP contribution in [0, 0.1) is 6.20 Å². The van der Waals surface area contributed by atoms with Crippen molar-refractivity contribution in [3.8, 4) is 0 Å². The molecule has 0 aliphatic heterocycles. The maximum atomic E-state index is 5.24. The normalized spacial score (nSPS) is 9.29. The van der Waals surface area contributed by atoms with Crippen LogP contribution in [0.15, 0.2) is 12.3 Å². The predicted octanol–water partition coefficient (Wildman–Crippen LogP) is 0.274. The van der Waals surface area contributed by atoms with Crippen LogP contribution in [0.3, 0.4) is 0 Å². The Hall–Kier alpha value is -0.760. The molecule has 0 saturated heterocycles. The molecule has 1 rings (SSSR count). The summed E-state index contributed by atoms with van der Waals surface area (Å²) in [5, 5.41) is 0. The lowest BCUT2D eigenvalue weighted by Gasteiger charge is -1.78. The summed E-state index contributed by atoms with van der Waals surface area (Å²) in [4.78, 5) is 2.78. The van der Waals surface area contributed by atoms with Crippen molar-refractivity contribution in [1.82, 2.24) is 4.98 Å². The molecule has 0 aliphatic carbocycles. The number of aromatic amines is 1. The zero-order chi connectivity index (χ0) is 5.11. The number of nitrogens with one attached hydrogen (secondary N) is 1. The van der Waals surface area contributed by atoms with Crippen LogP contribution in [-0.4, -0.2) is 4.98 Å². The monoisotopic (exact) mass is 95.1 g/mol. The van der Waals surface area contributed by atoms with Gasteiger partial charge in [-0.2, -0.15) is 0 Å². The van der Waals surface area contributed by atoms with Crippen LogP contribution < -0.4 is 5.73 Å². The van der Waals surface area contributed by atoms with Gasteiger partial charge in [0.2, 0.25) is 0 Å². The Labute approximate surface area is 42.3 Å². The minimum Gasteiger partial charge on any atom is -0.360 e. The molecule has 2 heteroatoms. The van der Waals surface area contributed by atoms with Crippen LogP contribution in [0.25, 0.3) is 0 Å². The Kier molecular flexibility index (Phi) is 1.13. The summed E-state index contributed by atoms with van der Waals surface area (Å²) in [6.45, 7) is 0.573. The quantitative estimate of drug-likeness (QED) is 0.516. The van der Waals surface area contributed by atoms with Gasteiger partial charge in [0, 0.05) is 12.7 Å². The van der Waals surface area contributed by atoms with Gasteiger partial charge in [-0.25, -0.2) is 0 Å². The lowest BCUT2D eigenvalue weighted by atomic mass is 10.4. The van der Waals surface area contributed by atoms with Gasteiger partial charge in [0.1, 0.15) is 0 Å². The van der Waals surface area contributed by atoms with Gasteiger partial charge >= 0.3 is 0 Å². The lowest BCUT2D eigenvalue weighted by Crippen LogP contribution is -1.92. The topological polar surface area (TPSA) is 41.8 Å². The van der Waals surface area contributed by atoms with Gasteiger partial charge in [-0.15, -0.1) is 0 Å². The summed E-state index contributed by atoms with van der Waals surface area (Å²) in [7, 11) is 0. The largest absolute Gasteiger partial charge is 0.360 e. The number of H-pyrrole nitrogens is 1. The minimum atomic E-state index is 0.573. The summed E-state index contributed by atoms with van der Waals surface area (Å²) >= 11 is 0. The summed E-state index contributed by atoms with van der Waals surface area (Å²) in [6, 6.07) is 1.90. The molecule has 0 fully saturated rings. The first-order valence-electron chi connectivity index (χ1n) is 2.17. The fourth-order valence-electron chi connectivity index (χ4n) is 0.437. The second-order valence-electron chi connectivity index (χ2n) is 1.33. The number of aromatic nitrogens is 1. The molecule has 0 unspecified atom stereocenters. The third-order valence-corrected chi connectivity index (χ3v) is 0.820. The average molecular weight is 95.1 g/mol. The molecular formula is C5H7N2. The zero-order valence-electron chi connectivity index (χ0n) is 3.94. The van der Waals surface area contributed by atoms with E-state index in [0.29, 0.717) is 6.54 Å². The van der Waals surface area contributed by atoms with Crippen LogP contribution >= 0.6 is 0 Å². The van der Waals surface area contributed by atoms with Crippen molar-refractivity contribution in [2.75, 3.05) is 0 Å². The molecule has 1 aromatic heterocycles. The second-order valence-corrected chi connectivity index (χ2v) is 1.33. The fraction of sp³-hybridized carbons (Fsp3) is 0.200. The van der Waals surface area contributed by atoms with Crippen LogP contribution in [0.4, 0.5) is 0 Å². The molecule has 1 heterocycles. The number of rotatable bonds is 1. The Bertz CT molecular complexity index is 121. The van der Waals surface area contributed by atoms with E-state index in [-0.39, 0.29) is 0 Å². The van der Waals surface area contributed by atoms with Gasteiger partial charge in [0.05, 0.1) is 6.20 Å². The highest BCUT2D eigenvalue weighted by Gasteiger charge is 1.82. The van der Waals surface area contributed by atoms with Crippen LogP contribution in [0.5, 0.6) is 0 Å². The molecular weight excluding hydrogens is 88.1 g/mol. The van der Waals surface area contributed by atoms with Gasteiger partial charge in [-0.1, -0.05) is 0 Å². The van der Waals surface area contributed by atoms with E-state index in [9.17, 15) is 0 Å². The third kappa shape index (κ3) is 0.810. The second kappa shape index (κ2) is 1.80. The first-order chi connectivity index (χ1) is 3.43. The molecule has 0 saturated carbocycles. The highest BCUT2D eigenvalue weighted by atomic mass is 14.6. The number of nitrogens with two attached hydrogens (primary N) is 1. The molecule has 1 radical (unpaired) electrons. The zero-order valence-corrected chi connectivity index (χ0v) is 3.94. The Morgan fingerprint density at radius 1 is 1.86 bits per heavy atom. The van der Waals surface area contributed by atoms with Gasteiger partial charge in [0.25, 0.3) is 0 Å². The standard InChI is InChI=1S/C5H7N2/c6-3-5-1-2-7-4-5/h1-2,7H,3,6H2. The van der Waals surface area contributed by atoms with E-state index >= 15 is 0 Å². The van der Waals surface area contributed by atoms with Crippen molar-refractivity contribution in [3.05, 3.63) is 24.0 Å². The van der Waals surface area contributed by atoms with Gasteiger partial charge in [-0.3, -0.25) is 0 Å². The molecule has 1 aromatic rings. The molecule has 7 heavy (non-hydrogen) atoms. The van der Waals surface area contributed by atoms with E-state index in [4.69, 9.17) is 5.73 Å². The maximum absolute atomic E-state index is 5.24. The molecule has 0 spiro atoms. The van der Waals surface area contributed by atoms with Crippen molar-refractivity contribution in [2.45, 2.75) is 6.54 Å². The van der Waals surface area contributed by atoms with Gasteiger partial charge in [-0.05, 0) is 11.6 Å². The molecule has 37 valence electrons. The summed E-state index contributed by atoms with van der Waals surface area (Å²) in [5.74, 6) is 0. The molecule has 0 atom stereocenters. The van der Waals surface area contributed by atoms with Gasteiger partial charge in [0.15, 0.2) is 0 Å². The van der Waals surface area contributed by atoms with E-state index in [0.717, 1.165) is 5.56 Å². The van der Waals surface area contributed by atoms with Crippen molar-refractivity contribution in [1.29, 1.82) is 0 Å². The van der Waals surface area contributed by atoms with Crippen LogP contribution in [0.2, 0.25) is 0 Å². The number of hydrogen-bond donors (Lipinski definition) is 2. The molecule has 0 aromatic carbocycles. The van der Waals surface area contributed by atoms with Crippen LogP contribution in [0.1, 0.15) is 5.56 Å².